The highest BCUT2D eigenvalue weighted by atomic mass is 32.2. The van der Waals surface area contributed by atoms with Gasteiger partial charge in [-0.3, -0.25) is 4.79 Å². The number of carboxylic acids is 1. The second-order valence-corrected chi connectivity index (χ2v) is 3.97. The summed E-state index contributed by atoms with van der Waals surface area (Å²) in [6.45, 7) is 2.67. The van der Waals surface area contributed by atoms with E-state index < -0.39 is 5.97 Å². The number of ether oxygens (including phenoxy) is 1. The molecule has 1 aromatic rings. The fraction of sp³-hybridized carbons (Fsp3) is 0.364. The van der Waals surface area contributed by atoms with E-state index in [0.29, 0.717) is 12.5 Å². The SMILES string of the molecule is CCOCSc1ccc(CC(=O)O)cc1. The van der Waals surface area contributed by atoms with E-state index in [-0.39, 0.29) is 6.42 Å². The van der Waals surface area contributed by atoms with Crippen molar-refractivity contribution in [1.82, 2.24) is 0 Å². The second-order valence-electron chi connectivity index (χ2n) is 2.97. The Balaban J connectivity index is 2.45. The van der Waals surface area contributed by atoms with E-state index in [2.05, 4.69) is 0 Å². The van der Waals surface area contributed by atoms with Crippen molar-refractivity contribution >= 4 is 17.7 Å². The van der Waals surface area contributed by atoms with Gasteiger partial charge in [-0.2, -0.15) is 0 Å². The predicted molar refractivity (Wildman–Crippen MR) is 60.1 cm³/mol. The number of benzene rings is 1. The fourth-order valence-corrected chi connectivity index (χ4v) is 1.79. The largest absolute Gasteiger partial charge is 0.481 e. The molecule has 0 aliphatic rings. The van der Waals surface area contributed by atoms with Crippen molar-refractivity contribution in [1.29, 1.82) is 0 Å². The zero-order chi connectivity index (χ0) is 11.1. The van der Waals surface area contributed by atoms with Gasteiger partial charge in [-0.15, -0.1) is 0 Å². The number of hydrogen-bond donors (Lipinski definition) is 1. The van der Waals surface area contributed by atoms with Gasteiger partial charge < -0.3 is 9.84 Å². The molecule has 15 heavy (non-hydrogen) atoms. The molecule has 1 rings (SSSR count). The molecular weight excluding hydrogens is 212 g/mol. The second kappa shape index (κ2) is 6.48. The fourth-order valence-electron chi connectivity index (χ4n) is 1.07. The highest BCUT2D eigenvalue weighted by Crippen LogP contribution is 2.18. The summed E-state index contributed by atoms with van der Waals surface area (Å²) in [5, 5.41) is 8.58. The molecular formula is C11H14O3S. The zero-order valence-corrected chi connectivity index (χ0v) is 9.42. The van der Waals surface area contributed by atoms with Crippen molar-refractivity contribution in [2.45, 2.75) is 18.2 Å². The van der Waals surface area contributed by atoms with Crippen LogP contribution in [0.1, 0.15) is 12.5 Å². The minimum absolute atomic E-state index is 0.0798. The first-order valence-corrected chi connectivity index (χ1v) is 5.72. The monoisotopic (exact) mass is 226 g/mol. The van der Waals surface area contributed by atoms with Crippen LogP contribution in [0.2, 0.25) is 0 Å². The molecule has 0 fully saturated rings. The van der Waals surface area contributed by atoms with Gasteiger partial charge in [0.15, 0.2) is 0 Å². The van der Waals surface area contributed by atoms with Crippen LogP contribution in [-0.2, 0) is 16.0 Å². The van der Waals surface area contributed by atoms with Gasteiger partial charge in [-0.1, -0.05) is 23.9 Å². The van der Waals surface area contributed by atoms with Crippen LogP contribution in [-0.4, -0.2) is 23.6 Å². The number of rotatable bonds is 6. The van der Waals surface area contributed by atoms with Crippen molar-refractivity contribution in [3.05, 3.63) is 29.8 Å². The zero-order valence-electron chi connectivity index (χ0n) is 8.60. The molecule has 0 saturated carbocycles. The van der Waals surface area contributed by atoms with Gasteiger partial charge in [0.25, 0.3) is 0 Å². The molecule has 0 radical (unpaired) electrons. The van der Waals surface area contributed by atoms with Crippen molar-refractivity contribution in [2.75, 3.05) is 12.5 Å². The van der Waals surface area contributed by atoms with E-state index in [9.17, 15) is 4.79 Å². The molecule has 3 nitrogen and oxygen atoms in total. The molecule has 0 saturated heterocycles. The van der Waals surface area contributed by atoms with E-state index in [1.165, 1.54) is 0 Å². The average molecular weight is 226 g/mol. The van der Waals surface area contributed by atoms with Crippen LogP contribution in [0.25, 0.3) is 0 Å². The highest BCUT2D eigenvalue weighted by molar-refractivity contribution is 7.99. The summed E-state index contributed by atoms with van der Waals surface area (Å²) in [6, 6.07) is 7.51. The number of hydrogen-bond acceptors (Lipinski definition) is 3. The van der Waals surface area contributed by atoms with Gasteiger partial charge in [0.2, 0.25) is 0 Å². The summed E-state index contributed by atoms with van der Waals surface area (Å²) in [5.74, 6) is -0.167. The van der Waals surface area contributed by atoms with Crippen molar-refractivity contribution in [3.63, 3.8) is 0 Å². The van der Waals surface area contributed by atoms with Crippen LogP contribution >= 0.6 is 11.8 Å². The molecule has 1 aromatic carbocycles. The Labute approximate surface area is 93.4 Å². The van der Waals surface area contributed by atoms with E-state index in [4.69, 9.17) is 9.84 Å². The summed E-state index contributed by atoms with van der Waals surface area (Å²) < 4.78 is 5.20. The smallest absolute Gasteiger partial charge is 0.307 e. The van der Waals surface area contributed by atoms with Gasteiger partial charge in [0, 0.05) is 11.5 Å². The maximum atomic E-state index is 10.4. The third-order valence-electron chi connectivity index (χ3n) is 1.79. The maximum Gasteiger partial charge on any atom is 0.307 e. The molecule has 4 heteroatoms. The first kappa shape index (κ1) is 12.1. The number of carbonyl (C=O) groups is 1. The standard InChI is InChI=1S/C11H14O3S/c1-2-14-8-15-10-5-3-9(4-6-10)7-11(12)13/h3-6H,2,7-8H2,1H3,(H,12,13). The van der Waals surface area contributed by atoms with Crippen molar-refractivity contribution < 1.29 is 14.6 Å². The van der Waals surface area contributed by atoms with Crippen LogP contribution in [0.4, 0.5) is 0 Å². The highest BCUT2D eigenvalue weighted by Gasteiger charge is 2.00. The van der Waals surface area contributed by atoms with E-state index in [1.807, 2.05) is 31.2 Å². The van der Waals surface area contributed by atoms with E-state index in [0.717, 1.165) is 10.5 Å². The molecule has 0 unspecified atom stereocenters. The van der Waals surface area contributed by atoms with Gasteiger partial charge >= 0.3 is 5.97 Å². The minimum Gasteiger partial charge on any atom is -0.481 e. The molecule has 0 atom stereocenters. The lowest BCUT2D eigenvalue weighted by Gasteiger charge is -2.02. The van der Waals surface area contributed by atoms with Crippen molar-refractivity contribution in [3.8, 4) is 0 Å². The first-order valence-electron chi connectivity index (χ1n) is 4.73. The lowest BCUT2D eigenvalue weighted by atomic mass is 10.2. The Hall–Kier alpha value is -1.00. The average Bonchev–Trinajstić information content (AvgIpc) is 2.20. The van der Waals surface area contributed by atoms with Crippen LogP contribution in [0, 0.1) is 0 Å². The number of thioether (sulfide) groups is 1. The summed E-state index contributed by atoms with van der Waals surface area (Å²) in [5.41, 5.74) is 0.822. The number of aliphatic carboxylic acids is 1. The number of carboxylic acid groups (broad SMARTS) is 1. The van der Waals surface area contributed by atoms with Gasteiger partial charge in [-0.25, -0.2) is 0 Å². The molecule has 1 N–H and O–H groups in total. The Bertz CT molecular complexity index is 308. The molecule has 0 amide bonds. The molecule has 82 valence electrons. The predicted octanol–water partition coefficient (Wildman–Crippen LogP) is 2.40. The topological polar surface area (TPSA) is 46.5 Å². The molecule has 0 aliphatic heterocycles. The van der Waals surface area contributed by atoms with Crippen LogP contribution in [0.15, 0.2) is 29.2 Å². The van der Waals surface area contributed by atoms with Crippen LogP contribution in [0.3, 0.4) is 0 Å². The molecule has 0 spiro atoms. The van der Waals surface area contributed by atoms with Crippen LogP contribution in [0.5, 0.6) is 0 Å². The lowest BCUT2D eigenvalue weighted by Crippen LogP contribution is -1.99. The van der Waals surface area contributed by atoms with Gasteiger partial charge in [0.05, 0.1) is 12.4 Å². The Morgan fingerprint density at radius 1 is 1.40 bits per heavy atom. The molecule has 0 aliphatic carbocycles. The molecule has 0 bridgehead atoms. The first-order chi connectivity index (χ1) is 7.22. The molecule has 0 heterocycles. The third-order valence-corrected chi connectivity index (χ3v) is 2.68. The van der Waals surface area contributed by atoms with Gasteiger partial charge in [0.1, 0.15) is 0 Å². The lowest BCUT2D eigenvalue weighted by molar-refractivity contribution is -0.136. The summed E-state index contributed by atoms with van der Waals surface area (Å²) >= 11 is 1.60. The summed E-state index contributed by atoms with van der Waals surface area (Å²) in [6.07, 6.45) is 0.0798. The van der Waals surface area contributed by atoms with Gasteiger partial charge in [-0.05, 0) is 24.6 Å². The van der Waals surface area contributed by atoms with Crippen molar-refractivity contribution in [2.24, 2.45) is 0 Å². The quantitative estimate of drug-likeness (QED) is 0.459. The van der Waals surface area contributed by atoms with E-state index in [1.54, 1.807) is 11.8 Å². The van der Waals surface area contributed by atoms with Crippen LogP contribution < -0.4 is 0 Å². The minimum atomic E-state index is -0.801. The molecule has 0 aromatic heterocycles. The Morgan fingerprint density at radius 3 is 2.60 bits per heavy atom. The normalized spacial score (nSPS) is 10.2. The maximum absolute atomic E-state index is 10.4. The summed E-state index contributed by atoms with van der Waals surface area (Å²) in [4.78, 5) is 11.5. The third kappa shape index (κ3) is 4.85. The van der Waals surface area contributed by atoms with E-state index >= 15 is 0 Å². The Morgan fingerprint density at radius 2 is 2.07 bits per heavy atom. The summed E-state index contributed by atoms with van der Waals surface area (Å²) in [7, 11) is 0. The Kier molecular flexibility index (Phi) is 5.21.